The van der Waals surface area contributed by atoms with Gasteiger partial charge in [-0.15, -0.1) is 0 Å². The van der Waals surface area contributed by atoms with Crippen molar-refractivity contribution in [2.45, 2.75) is 26.2 Å². The first-order valence-corrected chi connectivity index (χ1v) is 5.35. The molecule has 16 heavy (non-hydrogen) atoms. The van der Waals surface area contributed by atoms with E-state index in [1.54, 1.807) is 0 Å². The van der Waals surface area contributed by atoms with E-state index in [4.69, 9.17) is 10.6 Å². The number of ether oxygens (including phenoxy) is 1. The summed E-state index contributed by atoms with van der Waals surface area (Å²) in [6, 6.07) is 7.88. The van der Waals surface area contributed by atoms with Crippen molar-refractivity contribution in [1.29, 1.82) is 0 Å². The number of benzene rings is 1. The van der Waals surface area contributed by atoms with Crippen LogP contribution in [0.15, 0.2) is 24.3 Å². The first-order chi connectivity index (χ1) is 7.63. The molecule has 88 valence electrons. The van der Waals surface area contributed by atoms with Gasteiger partial charge in [-0.1, -0.05) is 26.0 Å². The molecule has 4 heteroatoms. The van der Waals surface area contributed by atoms with Gasteiger partial charge in [0.15, 0.2) is 0 Å². The number of carbonyl (C=O) groups excluding carboxylic acids is 1. The van der Waals surface area contributed by atoms with E-state index in [1.165, 1.54) is 5.56 Å². The van der Waals surface area contributed by atoms with Gasteiger partial charge in [0.1, 0.15) is 5.75 Å². The number of hydrogen-bond acceptors (Lipinski definition) is 3. The van der Waals surface area contributed by atoms with Crippen LogP contribution < -0.4 is 16.0 Å². The molecule has 0 saturated heterocycles. The number of rotatable bonds is 5. The van der Waals surface area contributed by atoms with E-state index in [2.05, 4.69) is 25.3 Å². The van der Waals surface area contributed by atoms with Crippen molar-refractivity contribution >= 4 is 5.91 Å². The molecule has 1 aromatic carbocycles. The van der Waals surface area contributed by atoms with Crippen LogP contribution in [0.1, 0.15) is 31.7 Å². The number of carbonyl (C=O) groups is 1. The van der Waals surface area contributed by atoms with Crippen LogP contribution in [0.4, 0.5) is 0 Å². The number of hydrogen-bond donors (Lipinski definition) is 2. The fraction of sp³-hybridized carbons (Fsp3) is 0.417. The molecule has 0 aliphatic carbocycles. The first-order valence-electron chi connectivity index (χ1n) is 5.35. The molecule has 1 amide bonds. The van der Waals surface area contributed by atoms with Gasteiger partial charge in [-0.3, -0.25) is 10.2 Å². The second-order valence-electron chi connectivity index (χ2n) is 3.89. The zero-order valence-corrected chi connectivity index (χ0v) is 9.69. The molecule has 1 aromatic rings. The van der Waals surface area contributed by atoms with Crippen molar-refractivity contribution in [2.75, 3.05) is 6.61 Å². The summed E-state index contributed by atoms with van der Waals surface area (Å²) in [5.74, 6) is 5.99. The van der Waals surface area contributed by atoms with E-state index in [0.717, 1.165) is 5.75 Å². The van der Waals surface area contributed by atoms with Crippen molar-refractivity contribution < 1.29 is 9.53 Å². The molecule has 4 nitrogen and oxygen atoms in total. The Morgan fingerprint density at radius 2 is 2.25 bits per heavy atom. The minimum absolute atomic E-state index is 0.222. The summed E-state index contributed by atoms with van der Waals surface area (Å²) in [5, 5.41) is 0. The summed E-state index contributed by atoms with van der Waals surface area (Å²) >= 11 is 0. The predicted octanol–water partition coefficient (Wildman–Crippen LogP) is 1.57. The Labute approximate surface area is 95.8 Å². The minimum atomic E-state index is -0.222. The molecule has 0 spiro atoms. The summed E-state index contributed by atoms with van der Waals surface area (Å²) in [7, 11) is 0. The zero-order chi connectivity index (χ0) is 12.0. The second kappa shape index (κ2) is 6.12. The third-order valence-corrected chi connectivity index (χ3v) is 2.28. The molecule has 3 N–H and O–H groups in total. The van der Waals surface area contributed by atoms with E-state index in [0.29, 0.717) is 12.5 Å². The Balaban J connectivity index is 2.48. The van der Waals surface area contributed by atoms with Gasteiger partial charge in [-0.05, 0) is 23.6 Å². The maximum atomic E-state index is 10.9. The van der Waals surface area contributed by atoms with Crippen LogP contribution >= 0.6 is 0 Å². The monoisotopic (exact) mass is 222 g/mol. The van der Waals surface area contributed by atoms with Gasteiger partial charge in [0.25, 0.3) is 0 Å². The van der Waals surface area contributed by atoms with Crippen molar-refractivity contribution in [3.05, 3.63) is 29.8 Å². The summed E-state index contributed by atoms with van der Waals surface area (Å²) < 4.78 is 5.45. The highest BCUT2D eigenvalue weighted by molar-refractivity contribution is 5.75. The second-order valence-corrected chi connectivity index (χ2v) is 3.89. The Morgan fingerprint density at radius 3 is 2.88 bits per heavy atom. The van der Waals surface area contributed by atoms with Gasteiger partial charge in [0.05, 0.1) is 13.0 Å². The average Bonchev–Trinajstić information content (AvgIpc) is 2.29. The van der Waals surface area contributed by atoms with Gasteiger partial charge in [0, 0.05) is 0 Å². The summed E-state index contributed by atoms with van der Waals surface area (Å²) in [6.07, 6.45) is 0.266. The summed E-state index contributed by atoms with van der Waals surface area (Å²) in [5.41, 5.74) is 3.28. The zero-order valence-electron chi connectivity index (χ0n) is 9.69. The fourth-order valence-electron chi connectivity index (χ4n) is 1.30. The normalized spacial score (nSPS) is 10.2. The largest absolute Gasteiger partial charge is 0.493 e. The van der Waals surface area contributed by atoms with E-state index in [9.17, 15) is 4.79 Å². The SMILES string of the molecule is CC(C)c1cccc(OCCC(=O)NN)c1. The maximum absolute atomic E-state index is 10.9. The number of nitrogens with one attached hydrogen (secondary N) is 1. The number of nitrogens with two attached hydrogens (primary N) is 1. The lowest BCUT2D eigenvalue weighted by Crippen LogP contribution is -2.31. The molecule has 0 saturated carbocycles. The van der Waals surface area contributed by atoms with Crippen LogP contribution in [0, 0.1) is 0 Å². The predicted molar refractivity (Wildman–Crippen MR) is 63.0 cm³/mol. The lowest BCUT2D eigenvalue weighted by molar-refractivity contribution is -0.121. The van der Waals surface area contributed by atoms with Gasteiger partial charge in [0.2, 0.25) is 5.91 Å². The molecule has 0 fully saturated rings. The van der Waals surface area contributed by atoms with Crippen LogP contribution in [0.3, 0.4) is 0 Å². The highest BCUT2D eigenvalue weighted by Gasteiger charge is 2.02. The Hall–Kier alpha value is -1.55. The molecule has 0 radical (unpaired) electrons. The summed E-state index contributed by atoms with van der Waals surface area (Å²) in [4.78, 5) is 10.9. The van der Waals surface area contributed by atoms with E-state index < -0.39 is 0 Å². The lowest BCUT2D eigenvalue weighted by atomic mass is 10.0. The van der Waals surface area contributed by atoms with Crippen LogP contribution in [0.5, 0.6) is 5.75 Å². The molecular weight excluding hydrogens is 204 g/mol. The smallest absolute Gasteiger partial charge is 0.237 e. The van der Waals surface area contributed by atoms with Crippen molar-refractivity contribution in [1.82, 2.24) is 5.43 Å². The van der Waals surface area contributed by atoms with Gasteiger partial charge in [-0.2, -0.15) is 0 Å². The molecule has 0 aromatic heterocycles. The number of amides is 1. The molecule has 1 rings (SSSR count). The van der Waals surface area contributed by atoms with Gasteiger partial charge in [-0.25, -0.2) is 5.84 Å². The Morgan fingerprint density at radius 1 is 1.50 bits per heavy atom. The summed E-state index contributed by atoms with van der Waals surface area (Å²) in [6.45, 7) is 4.59. The topological polar surface area (TPSA) is 64.3 Å². The van der Waals surface area contributed by atoms with Crippen molar-refractivity contribution in [3.63, 3.8) is 0 Å². The fourth-order valence-corrected chi connectivity index (χ4v) is 1.30. The van der Waals surface area contributed by atoms with Gasteiger partial charge < -0.3 is 4.74 Å². The molecular formula is C12H18N2O2. The first kappa shape index (κ1) is 12.5. The number of hydrazine groups is 1. The lowest BCUT2D eigenvalue weighted by Gasteiger charge is -2.09. The standard InChI is InChI=1S/C12H18N2O2/c1-9(2)10-4-3-5-11(8-10)16-7-6-12(15)14-13/h3-5,8-9H,6-7,13H2,1-2H3,(H,14,15). The Kier molecular flexibility index (Phi) is 4.79. The molecule has 0 aliphatic rings. The van der Waals surface area contributed by atoms with Crippen LogP contribution in [0.2, 0.25) is 0 Å². The third-order valence-electron chi connectivity index (χ3n) is 2.28. The highest BCUT2D eigenvalue weighted by Crippen LogP contribution is 2.20. The molecule has 0 heterocycles. The van der Waals surface area contributed by atoms with Gasteiger partial charge >= 0.3 is 0 Å². The van der Waals surface area contributed by atoms with Crippen LogP contribution in [-0.2, 0) is 4.79 Å². The maximum Gasteiger partial charge on any atom is 0.237 e. The highest BCUT2D eigenvalue weighted by atomic mass is 16.5. The Bertz CT molecular complexity index is 351. The molecule has 0 unspecified atom stereocenters. The van der Waals surface area contributed by atoms with E-state index in [-0.39, 0.29) is 12.3 Å². The average molecular weight is 222 g/mol. The van der Waals surface area contributed by atoms with E-state index in [1.807, 2.05) is 18.2 Å². The molecule has 0 aliphatic heterocycles. The quantitative estimate of drug-likeness (QED) is 0.451. The molecule has 0 atom stereocenters. The van der Waals surface area contributed by atoms with E-state index >= 15 is 0 Å². The van der Waals surface area contributed by atoms with Crippen molar-refractivity contribution in [2.24, 2.45) is 5.84 Å². The van der Waals surface area contributed by atoms with Crippen LogP contribution in [-0.4, -0.2) is 12.5 Å². The van der Waals surface area contributed by atoms with Crippen molar-refractivity contribution in [3.8, 4) is 5.75 Å². The third kappa shape index (κ3) is 3.90. The minimum Gasteiger partial charge on any atom is -0.493 e. The van der Waals surface area contributed by atoms with Crippen LogP contribution in [0.25, 0.3) is 0 Å². The molecule has 0 bridgehead atoms.